The second kappa shape index (κ2) is 7.45. The molecule has 27 heavy (non-hydrogen) atoms. The summed E-state index contributed by atoms with van der Waals surface area (Å²) in [6, 6.07) is 17.2. The van der Waals surface area contributed by atoms with Gasteiger partial charge in [-0.3, -0.25) is 4.79 Å². The molecule has 0 radical (unpaired) electrons. The molecule has 6 heteroatoms. The number of aromatic nitrogens is 1. The summed E-state index contributed by atoms with van der Waals surface area (Å²) in [7, 11) is 0. The highest BCUT2D eigenvalue weighted by atomic mass is 16.7. The van der Waals surface area contributed by atoms with Gasteiger partial charge in [0.15, 0.2) is 11.5 Å². The maximum absolute atomic E-state index is 12.3. The number of nitrogens with one attached hydrogen (secondary N) is 1. The van der Waals surface area contributed by atoms with Crippen LogP contribution in [-0.4, -0.2) is 23.4 Å². The molecule has 0 atom stereocenters. The molecule has 1 aliphatic heterocycles. The van der Waals surface area contributed by atoms with Gasteiger partial charge >= 0.3 is 0 Å². The first kappa shape index (κ1) is 17.0. The fraction of sp³-hybridized carbons (Fsp3) is 0.190. The summed E-state index contributed by atoms with van der Waals surface area (Å²) in [5.41, 5.74) is 5.69. The first-order valence-electron chi connectivity index (χ1n) is 8.77. The van der Waals surface area contributed by atoms with Crippen molar-refractivity contribution in [3.8, 4) is 11.5 Å². The minimum Gasteiger partial charge on any atom is -0.454 e. The number of hydrazone groups is 1. The van der Waals surface area contributed by atoms with Crippen molar-refractivity contribution in [3.05, 3.63) is 65.9 Å². The van der Waals surface area contributed by atoms with Crippen LogP contribution in [0, 0.1) is 0 Å². The molecule has 4 rings (SSSR count). The summed E-state index contributed by atoms with van der Waals surface area (Å²) in [5.74, 6) is 1.24. The average Bonchev–Trinajstić information content (AvgIpc) is 3.18. The summed E-state index contributed by atoms with van der Waals surface area (Å²) < 4.78 is 10.7. The molecule has 0 aliphatic carbocycles. The van der Waals surface area contributed by atoms with E-state index in [9.17, 15) is 4.79 Å². The molecular weight excluding hydrogens is 342 g/mol. The van der Waals surface area contributed by atoms with Gasteiger partial charge in [-0.2, -0.15) is 5.10 Å². The zero-order valence-corrected chi connectivity index (χ0v) is 14.9. The predicted molar refractivity (Wildman–Crippen MR) is 103 cm³/mol. The lowest BCUT2D eigenvalue weighted by molar-refractivity contribution is 0.0950. The van der Waals surface area contributed by atoms with Crippen LogP contribution in [0.2, 0.25) is 0 Å². The van der Waals surface area contributed by atoms with Gasteiger partial charge in [0.1, 0.15) is 5.69 Å². The van der Waals surface area contributed by atoms with Crippen LogP contribution < -0.4 is 14.9 Å². The molecule has 0 unspecified atom stereocenters. The largest absolute Gasteiger partial charge is 0.454 e. The fourth-order valence-electron chi connectivity index (χ4n) is 2.87. The maximum Gasteiger partial charge on any atom is 0.289 e. The van der Waals surface area contributed by atoms with Gasteiger partial charge in [0.05, 0.1) is 5.52 Å². The second-order valence-corrected chi connectivity index (χ2v) is 6.36. The van der Waals surface area contributed by atoms with E-state index in [2.05, 4.69) is 15.5 Å². The lowest BCUT2D eigenvalue weighted by Gasteiger charge is -2.05. The number of benzene rings is 2. The zero-order chi connectivity index (χ0) is 18.6. The number of amides is 1. The van der Waals surface area contributed by atoms with E-state index in [1.807, 2.05) is 55.5 Å². The predicted octanol–water partition coefficient (Wildman–Crippen LogP) is 3.70. The van der Waals surface area contributed by atoms with Crippen molar-refractivity contribution < 1.29 is 14.3 Å². The number of para-hydroxylation sites is 1. The van der Waals surface area contributed by atoms with Crippen LogP contribution in [0.1, 0.15) is 29.4 Å². The Morgan fingerprint density at radius 1 is 1.11 bits per heavy atom. The minimum absolute atomic E-state index is 0.272. The highest BCUT2D eigenvalue weighted by Crippen LogP contribution is 2.32. The van der Waals surface area contributed by atoms with Crippen LogP contribution in [0.4, 0.5) is 0 Å². The van der Waals surface area contributed by atoms with Gasteiger partial charge in [0.2, 0.25) is 6.79 Å². The van der Waals surface area contributed by atoms with Gasteiger partial charge in [-0.15, -0.1) is 0 Å². The Hall–Kier alpha value is -3.41. The molecule has 1 aliphatic rings. The van der Waals surface area contributed by atoms with Crippen LogP contribution in [-0.2, 0) is 6.42 Å². The quantitative estimate of drug-likeness (QED) is 0.555. The number of ether oxygens (including phenoxy) is 2. The van der Waals surface area contributed by atoms with Crippen LogP contribution in [0.25, 0.3) is 10.9 Å². The molecule has 0 spiro atoms. The van der Waals surface area contributed by atoms with Gasteiger partial charge in [-0.1, -0.05) is 30.3 Å². The van der Waals surface area contributed by atoms with Crippen molar-refractivity contribution in [2.24, 2.45) is 5.10 Å². The zero-order valence-electron chi connectivity index (χ0n) is 14.9. The minimum atomic E-state index is -0.316. The third-order valence-electron chi connectivity index (χ3n) is 4.39. The van der Waals surface area contributed by atoms with Gasteiger partial charge in [0.25, 0.3) is 5.91 Å². The van der Waals surface area contributed by atoms with Crippen molar-refractivity contribution in [1.29, 1.82) is 0 Å². The molecule has 3 aromatic rings. The maximum atomic E-state index is 12.3. The van der Waals surface area contributed by atoms with E-state index >= 15 is 0 Å². The molecular formula is C21H19N3O3. The Balaban J connectivity index is 1.35. The van der Waals surface area contributed by atoms with E-state index in [1.54, 1.807) is 6.07 Å². The monoisotopic (exact) mass is 361 g/mol. The van der Waals surface area contributed by atoms with Crippen LogP contribution in [0.5, 0.6) is 11.5 Å². The lowest BCUT2D eigenvalue weighted by atomic mass is 10.1. The Labute approximate surface area is 156 Å². The smallest absolute Gasteiger partial charge is 0.289 e. The summed E-state index contributed by atoms with van der Waals surface area (Å²) in [6.07, 6.45) is 1.53. The molecule has 1 N–H and O–H groups in total. The molecule has 0 saturated carbocycles. The molecule has 1 aromatic heterocycles. The first-order chi connectivity index (χ1) is 13.2. The number of carbonyl (C=O) groups is 1. The SMILES string of the molecule is C/C(CCc1ccc2c(c1)OCO2)=N\NC(=O)c1ccc2ccccc2n1. The second-order valence-electron chi connectivity index (χ2n) is 6.36. The highest BCUT2D eigenvalue weighted by molar-refractivity contribution is 5.95. The van der Waals surface area contributed by atoms with E-state index in [0.717, 1.165) is 46.5 Å². The number of aryl methyl sites for hydroxylation is 1. The van der Waals surface area contributed by atoms with E-state index in [0.29, 0.717) is 5.69 Å². The Kier molecular flexibility index (Phi) is 4.70. The molecule has 0 bridgehead atoms. The van der Waals surface area contributed by atoms with Crippen molar-refractivity contribution in [3.63, 3.8) is 0 Å². The third-order valence-corrected chi connectivity index (χ3v) is 4.39. The molecule has 0 saturated heterocycles. The standard InChI is InChI=1S/C21H19N3O3/c1-14(6-7-15-8-11-19-20(12-15)27-13-26-19)23-24-21(25)18-10-9-16-4-2-3-5-17(16)22-18/h2-5,8-12H,6-7,13H2,1H3,(H,24,25)/b23-14+. The molecule has 1 amide bonds. The van der Waals surface area contributed by atoms with Gasteiger partial charge in [0, 0.05) is 11.1 Å². The fourth-order valence-corrected chi connectivity index (χ4v) is 2.87. The summed E-state index contributed by atoms with van der Waals surface area (Å²) in [5, 5.41) is 5.19. The van der Waals surface area contributed by atoms with Crippen molar-refractivity contribution in [2.45, 2.75) is 19.8 Å². The summed E-state index contributed by atoms with van der Waals surface area (Å²) in [6.45, 7) is 2.16. The molecule has 2 heterocycles. The van der Waals surface area contributed by atoms with E-state index in [1.165, 1.54) is 0 Å². The van der Waals surface area contributed by atoms with Gasteiger partial charge < -0.3 is 9.47 Å². The van der Waals surface area contributed by atoms with Gasteiger partial charge in [-0.05, 0) is 49.6 Å². The Morgan fingerprint density at radius 3 is 2.89 bits per heavy atom. The van der Waals surface area contributed by atoms with E-state index < -0.39 is 0 Å². The van der Waals surface area contributed by atoms with Crippen molar-refractivity contribution in [1.82, 2.24) is 10.4 Å². The number of carbonyl (C=O) groups excluding carboxylic acids is 1. The van der Waals surface area contributed by atoms with Crippen molar-refractivity contribution in [2.75, 3.05) is 6.79 Å². The summed E-state index contributed by atoms with van der Waals surface area (Å²) >= 11 is 0. The van der Waals surface area contributed by atoms with Crippen LogP contribution in [0.3, 0.4) is 0 Å². The van der Waals surface area contributed by atoms with E-state index in [4.69, 9.17) is 9.47 Å². The van der Waals surface area contributed by atoms with Crippen LogP contribution >= 0.6 is 0 Å². The summed E-state index contributed by atoms with van der Waals surface area (Å²) in [4.78, 5) is 16.7. The number of pyridine rings is 1. The Bertz CT molecular complexity index is 1030. The molecule has 0 fully saturated rings. The number of fused-ring (bicyclic) bond motifs is 2. The number of rotatable bonds is 5. The average molecular weight is 361 g/mol. The van der Waals surface area contributed by atoms with E-state index in [-0.39, 0.29) is 12.7 Å². The normalized spacial score (nSPS) is 13.0. The highest BCUT2D eigenvalue weighted by Gasteiger charge is 2.13. The number of hydrogen-bond donors (Lipinski definition) is 1. The number of nitrogens with zero attached hydrogens (tertiary/aromatic N) is 2. The first-order valence-corrected chi connectivity index (χ1v) is 8.77. The van der Waals surface area contributed by atoms with Crippen LogP contribution in [0.15, 0.2) is 59.7 Å². The van der Waals surface area contributed by atoms with Crippen molar-refractivity contribution >= 4 is 22.5 Å². The number of hydrogen-bond acceptors (Lipinski definition) is 5. The van der Waals surface area contributed by atoms with Gasteiger partial charge in [-0.25, -0.2) is 10.4 Å². The molecule has 136 valence electrons. The topological polar surface area (TPSA) is 72.8 Å². The Morgan fingerprint density at radius 2 is 1.96 bits per heavy atom. The third kappa shape index (κ3) is 3.89. The lowest BCUT2D eigenvalue weighted by Crippen LogP contribution is -2.20. The molecule has 2 aromatic carbocycles. The molecule has 6 nitrogen and oxygen atoms in total.